The highest BCUT2D eigenvalue weighted by atomic mass is 32.2. The Balaban J connectivity index is 2.58. The van der Waals surface area contributed by atoms with Crippen LogP contribution in [-0.4, -0.2) is 41.8 Å². The summed E-state index contributed by atoms with van der Waals surface area (Å²) in [6.07, 6.45) is 1.92. The highest BCUT2D eigenvalue weighted by molar-refractivity contribution is 7.99. The molecule has 1 amide bonds. The fourth-order valence-corrected chi connectivity index (χ4v) is 2.98. The van der Waals surface area contributed by atoms with Crippen LogP contribution in [0.3, 0.4) is 0 Å². The quantitative estimate of drug-likeness (QED) is 0.810. The van der Waals surface area contributed by atoms with Crippen molar-refractivity contribution >= 4 is 17.7 Å². The van der Waals surface area contributed by atoms with Gasteiger partial charge in [0.15, 0.2) is 6.61 Å². The fraction of sp³-hybridized carbons (Fsp3) is 0.562. The summed E-state index contributed by atoms with van der Waals surface area (Å²) in [5.74, 6) is 0.598. The Morgan fingerprint density at radius 1 is 1.33 bits per heavy atom. The first kappa shape index (κ1) is 17.9. The molecule has 21 heavy (non-hydrogen) atoms. The van der Waals surface area contributed by atoms with Crippen LogP contribution in [0.15, 0.2) is 12.1 Å². The summed E-state index contributed by atoms with van der Waals surface area (Å²) in [5, 5.41) is 12.1. The van der Waals surface area contributed by atoms with Gasteiger partial charge in [0, 0.05) is 11.3 Å². The van der Waals surface area contributed by atoms with Gasteiger partial charge >= 0.3 is 0 Å². The van der Waals surface area contributed by atoms with Gasteiger partial charge < -0.3 is 15.2 Å². The molecule has 1 rings (SSSR count). The van der Waals surface area contributed by atoms with E-state index in [4.69, 9.17) is 4.74 Å². The molecule has 0 saturated heterocycles. The minimum absolute atomic E-state index is 0.00297. The Morgan fingerprint density at radius 3 is 2.38 bits per heavy atom. The highest BCUT2D eigenvalue weighted by Crippen LogP contribution is 2.24. The van der Waals surface area contributed by atoms with Gasteiger partial charge in [-0.1, -0.05) is 17.7 Å². The molecular weight excluding hydrogens is 286 g/mol. The number of aliphatic hydroxyl groups is 1. The third kappa shape index (κ3) is 5.25. The number of carbonyl (C=O) groups excluding carboxylic acids is 1. The number of thioether (sulfide) groups is 1. The second kappa shape index (κ2) is 8.29. The van der Waals surface area contributed by atoms with Gasteiger partial charge in [-0.2, -0.15) is 11.8 Å². The van der Waals surface area contributed by atoms with Crippen LogP contribution in [0.2, 0.25) is 0 Å². The summed E-state index contributed by atoms with van der Waals surface area (Å²) in [4.78, 5) is 11.9. The molecule has 2 atom stereocenters. The van der Waals surface area contributed by atoms with E-state index in [-0.39, 0.29) is 30.4 Å². The molecule has 0 aliphatic rings. The molecule has 118 valence electrons. The molecule has 2 unspecified atom stereocenters. The predicted molar refractivity (Wildman–Crippen MR) is 88.1 cm³/mol. The summed E-state index contributed by atoms with van der Waals surface area (Å²) >= 11 is 1.54. The average molecular weight is 311 g/mol. The molecule has 2 N–H and O–H groups in total. The van der Waals surface area contributed by atoms with Crippen LogP contribution >= 0.6 is 11.8 Å². The number of benzene rings is 1. The molecule has 0 heterocycles. The van der Waals surface area contributed by atoms with E-state index >= 15 is 0 Å². The van der Waals surface area contributed by atoms with Crippen LogP contribution in [0.1, 0.15) is 23.6 Å². The standard InChI is InChI=1S/C16H25NO3S/c1-10-6-11(2)16(12(3)7-10)20-9-15(19)17-13(4)14(8-18)21-5/h6-7,13-14,18H,8-9H2,1-5H3,(H,17,19). The van der Waals surface area contributed by atoms with Crippen LogP contribution in [0, 0.1) is 20.8 Å². The van der Waals surface area contributed by atoms with E-state index < -0.39 is 0 Å². The van der Waals surface area contributed by atoms with E-state index in [1.165, 1.54) is 17.3 Å². The normalized spacial score (nSPS) is 13.6. The molecule has 1 aromatic carbocycles. The number of amides is 1. The SMILES string of the molecule is CSC(CO)C(C)NC(=O)COc1c(C)cc(C)cc1C. The zero-order valence-corrected chi connectivity index (χ0v) is 14.2. The van der Waals surface area contributed by atoms with Crippen molar-refractivity contribution in [1.29, 1.82) is 0 Å². The zero-order chi connectivity index (χ0) is 16.0. The van der Waals surface area contributed by atoms with Gasteiger partial charge in [0.2, 0.25) is 0 Å². The minimum Gasteiger partial charge on any atom is -0.483 e. The van der Waals surface area contributed by atoms with Crippen LogP contribution < -0.4 is 10.1 Å². The maximum atomic E-state index is 11.9. The van der Waals surface area contributed by atoms with E-state index in [1.54, 1.807) is 0 Å². The Bertz CT molecular complexity index is 463. The zero-order valence-electron chi connectivity index (χ0n) is 13.4. The lowest BCUT2D eigenvalue weighted by Gasteiger charge is -2.21. The first-order valence-corrected chi connectivity index (χ1v) is 8.31. The largest absolute Gasteiger partial charge is 0.483 e. The van der Waals surface area contributed by atoms with Crippen molar-refractivity contribution in [2.24, 2.45) is 0 Å². The summed E-state index contributed by atoms with van der Waals surface area (Å²) in [6, 6.07) is 3.98. The maximum absolute atomic E-state index is 11.9. The third-order valence-electron chi connectivity index (χ3n) is 3.38. The number of hydrogen-bond donors (Lipinski definition) is 2. The molecule has 1 aromatic rings. The first-order chi connectivity index (χ1) is 9.88. The molecule has 0 saturated carbocycles. The van der Waals surface area contributed by atoms with E-state index in [9.17, 15) is 9.90 Å². The van der Waals surface area contributed by atoms with Crippen molar-refractivity contribution < 1.29 is 14.6 Å². The summed E-state index contributed by atoms with van der Waals surface area (Å²) in [7, 11) is 0. The Hall–Kier alpha value is -1.20. The number of aryl methyl sites for hydroxylation is 3. The second-order valence-electron chi connectivity index (χ2n) is 5.33. The van der Waals surface area contributed by atoms with E-state index in [0.717, 1.165) is 16.9 Å². The van der Waals surface area contributed by atoms with Gasteiger partial charge in [0.25, 0.3) is 5.91 Å². The molecule has 4 nitrogen and oxygen atoms in total. The molecule has 0 bridgehead atoms. The number of hydrogen-bond acceptors (Lipinski definition) is 4. The number of aliphatic hydroxyl groups excluding tert-OH is 1. The van der Waals surface area contributed by atoms with Gasteiger partial charge in [0.05, 0.1) is 6.61 Å². The van der Waals surface area contributed by atoms with E-state index in [1.807, 2.05) is 46.1 Å². The smallest absolute Gasteiger partial charge is 0.258 e. The average Bonchev–Trinajstić information content (AvgIpc) is 2.38. The van der Waals surface area contributed by atoms with E-state index in [2.05, 4.69) is 5.32 Å². The van der Waals surface area contributed by atoms with Gasteiger partial charge in [0.1, 0.15) is 5.75 Å². The van der Waals surface area contributed by atoms with Crippen LogP contribution in [0.4, 0.5) is 0 Å². The lowest BCUT2D eigenvalue weighted by molar-refractivity contribution is -0.123. The lowest BCUT2D eigenvalue weighted by atomic mass is 10.1. The highest BCUT2D eigenvalue weighted by Gasteiger charge is 2.17. The van der Waals surface area contributed by atoms with E-state index in [0.29, 0.717) is 0 Å². The topological polar surface area (TPSA) is 58.6 Å². The maximum Gasteiger partial charge on any atom is 0.258 e. The molecule has 0 aliphatic heterocycles. The molecule has 0 fully saturated rings. The summed E-state index contributed by atoms with van der Waals surface area (Å²) in [5.41, 5.74) is 3.25. The van der Waals surface area contributed by atoms with Crippen LogP contribution in [0.25, 0.3) is 0 Å². The third-order valence-corrected chi connectivity index (χ3v) is 4.54. The summed E-state index contributed by atoms with van der Waals surface area (Å²) in [6.45, 7) is 7.91. The fourth-order valence-electron chi connectivity index (χ4n) is 2.36. The summed E-state index contributed by atoms with van der Waals surface area (Å²) < 4.78 is 5.65. The minimum atomic E-state index is -0.172. The van der Waals surface area contributed by atoms with Crippen molar-refractivity contribution in [2.75, 3.05) is 19.5 Å². The van der Waals surface area contributed by atoms with Crippen molar-refractivity contribution in [1.82, 2.24) is 5.32 Å². The molecular formula is C16H25NO3S. The number of rotatable bonds is 7. The van der Waals surface area contributed by atoms with Gasteiger partial charge in [-0.05, 0) is 45.1 Å². The Kier molecular flexibility index (Phi) is 7.05. The number of ether oxygens (including phenoxy) is 1. The van der Waals surface area contributed by atoms with Crippen LogP contribution in [0.5, 0.6) is 5.75 Å². The second-order valence-corrected chi connectivity index (χ2v) is 6.41. The number of carbonyl (C=O) groups is 1. The molecule has 5 heteroatoms. The molecule has 0 radical (unpaired) electrons. The van der Waals surface area contributed by atoms with Crippen molar-refractivity contribution in [3.8, 4) is 5.75 Å². The molecule has 0 aromatic heterocycles. The predicted octanol–water partition coefficient (Wildman–Crippen LogP) is 2.22. The first-order valence-electron chi connectivity index (χ1n) is 7.02. The van der Waals surface area contributed by atoms with Crippen molar-refractivity contribution in [3.63, 3.8) is 0 Å². The van der Waals surface area contributed by atoms with Crippen LogP contribution in [-0.2, 0) is 4.79 Å². The number of nitrogens with one attached hydrogen (secondary N) is 1. The van der Waals surface area contributed by atoms with Gasteiger partial charge in [-0.3, -0.25) is 4.79 Å². The monoisotopic (exact) mass is 311 g/mol. The molecule has 0 aliphatic carbocycles. The van der Waals surface area contributed by atoms with Gasteiger partial charge in [-0.25, -0.2) is 0 Å². The molecule has 0 spiro atoms. The lowest BCUT2D eigenvalue weighted by Crippen LogP contribution is -2.43. The Labute approximate surface area is 131 Å². The van der Waals surface area contributed by atoms with Crippen molar-refractivity contribution in [2.45, 2.75) is 39.0 Å². The van der Waals surface area contributed by atoms with Crippen molar-refractivity contribution in [3.05, 3.63) is 28.8 Å². The Morgan fingerprint density at radius 2 is 1.90 bits per heavy atom. The van der Waals surface area contributed by atoms with Gasteiger partial charge in [-0.15, -0.1) is 0 Å².